The molecule has 1 atom stereocenters. The molecule has 1 unspecified atom stereocenters. The Kier molecular flexibility index (Phi) is 10.6. The zero-order valence-corrected chi connectivity index (χ0v) is 22.1. The molecule has 2 rings (SSSR count). The molecule has 192 valence electrons. The quantitative estimate of drug-likeness (QED) is 0.451. The third-order valence-corrected chi connectivity index (χ3v) is 6.89. The van der Waals surface area contributed by atoms with E-state index in [0.717, 1.165) is 17.4 Å². The van der Waals surface area contributed by atoms with Gasteiger partial charge in [0.05, 0.1) is 18.6 Å². The van der Waals surface area contributed by atoms with E-state index in [1.54, 1.807) is 36.1 Å². The molecule has 0 saturated carbocycles. The molecule has 0 saturated heterocycles. The molecular formula is C26H37N3O5S. The summed E-state index contributed by atoms with van der Waals surface area (Å²) in [5.74, 6) is 0.0363. The van der Waals surface area contributed by atoms with Crippen LogP contribution >= 0.6 is 0 Å². The smallest absolute Gasteiger partial charge is 0.242 e. The van der Waals surface area contributed by atoms with Crippen LogP contribution in [-0.4, -0.2) is 57.1 Å². The van der Waals surface area contributed by atoms with Crippen molar-refractivity contribution in [1.82, 2.24) is 10.2 Å². The number of para-hydroxylation sites is 2. The van der Waals surface area contributed by atoms with Gasteiger partial charge in [0, 0.05) is 26.1 Å². The minimum absolute atomic E-state index is 0.0957. The molecule has 1 N–H and O–H groups in total. The Bertz CT molecular complexity index is 1100. The highest BCUT2D eigenvalue weighted by Gasteiger charge is 2.27. The minimum atomic E-state index is -3.60. The number of hydrogen-bond acceptors (Lipinski definition) is 5. The molecule has 9 heteroatoms. The first-order chi connectivity index (χ1) is 16.6. The van der Waals surface area contributed by atoms with Crippen LogP contribution < -0.4 is 14.4 Å². The van der Waals surface area contributed by atoms with Gasteiger partial charge < -0.3 is 15.0 Å². The number of hydrogen-bond donors (Lipinski definition) is 1. The summed E-state index contributed by atoms with van der Waals surface area (Å²) in [4.78, 5) is 27.4. The van der Waals surface area contributed by atoms with Gasteiger partial charge in [-0.1, -0.05) is 36.4 Å². The molecule has 2 aromatic rings. The molecule has 0 fully saturated rings. The number of nitrogens with zero attached hydrogens (tertiary/aromatic N) is 2. The number of anilines is 1. The van der Waals surface area contributed by atoms with Gasteiger partial charge in [0.25, 0.3) is 0 Å². The van der Waals surface area contributed by atoms with Gasteiger partial charge >= 0.3 is 0 Å². The van der Waals surface area contributed by atoms with Gasteiger partial charge in [0.15, 0.2) is 0 Å². The summed E-state index contributed by atoms with van der Waals surface area (Å²) in [5, 5.41) is 2.78. The predicted octanol–water partition coefficient (Wildman–Crippen LogP) is 3.49. The molecule has 35 heavy (non-hydrogen) atoms. The number of ether oxygens (including phenoxy) is 1. The average molecular weight is 504 g/mol. The average Bonchev–Trinajstić information content (AvgIpc) is 2.81. The lowest BCUT2D eigenvalue weighted by Gasteiger charge is -2.30. The second kappa shape index (κ2) is 13.1. The Labute approximate surface area is 209 Å². The number of likely N-dealkylation sites (N-methyl/N-ethyl adjacent to an activating group) is 1. The van der Waals surface area contributed by atoms with Gasteiger partial charge in [0.2, 0.25) is 21.8 Å². The second-order valence-electron chi connectivity index (χ2n) is 8.36. The summed E-state index contributed by atoms with van der Waals surface area (Å²) >= 11 is 0. The Morgan fingerprint density at radius 3 is 2.34 bits per heavy atom. The fraction of sp³-hybridized carbons (Fsp3) is 0.462. The number of carbonyl (C=O) groups excluding carboxylic acids is 2. The molecule has 0 aliphatic carbocycles. The summed E-state index contributed by atoms with van der Waals surface area (Å²) in [6, 6.07) is 14.0. The standard InChI is InChI=1S/C26H37N3O5S/c1-6-27-26(31)21(4)28(19-22-14-9-8-13-20(22)3)25(30)17-12-18-29(35(5,32)33)23-15-10-11-16-24(23)34-7-2/h8-11,13-16,21H,6-7,12,17-19H2,1-5H3,(H,27,31). The van der Waals surface area contributed by atoms with Crippen molar-refractivity contribution in [3.05, 3.63) is 59.7 Å². The lowest BCUT2D eigenvalue weighted by atomic mass is 10.1. The van der Waals surface area contributed by atoms with E-state index in [2.05, 4.69) is 5.32 Å². The van der Waals surface area contributed by atoms with Gasteiger partial charge in [-0.05, 0) is 57.4 Å². The lowest BCUT2D eigenvalue weighted by Crippen LogP contribution is -2.47. The van der Waals surface area contributed by atoms with Crippen LogP contribution in [0.3, 0.4) is 0 Å². The van der Waals surface area contributed by atoms with E-state index in [9.17, 15) is 18.0 Å². The van der Waals surface area contributed by atoms with Crippen molar-refractivity contribution in [2.24, 2.45) is 0 Å². The van der Waals surface area contributed by atoms with Crippen LogP contribution in [0.4, 0.5) is 5.69 Å². The molecule has 0 aromatic heterocycles. The number of aryl methyl sites for hydroxylation is 1. The van der Waals surface area contributed by atoms with Gasteiger partial charge in [-0.25, -0.2) is 8.42 Å². The number of amides is 2. The van der Waals surface area contributed by atoms with Crippen molar-refractivity contribution in [3.63, 3.8) is 0 Å². The first-order valence-corrected chi connectivity index (χ1v) is 13.8. The first-order valence-electron chi connectivity index (χ1n) is 11.9. The first kappa shape index (κ1) is 28.2. The molecule has 0 heterocycles. The molecule has 0 aliphatic rings. The van der Waals surface area contributed by atoms with Crippen LogP contribution in [-0.2, 0) is 26.2 Å². The fourth-order valence-corrected chi connectivity index (χ4v) is 4.77. The summed E-state index contributed by atoms with van der Waals surface area (Å²) < 4.78 is 32.0. The SMILES string of the molecule is CCNC(=O)C(C)N(Cc1ccccc1C)C(=O)CCCN(c1ccccc1OCC)S(C)(=O)=O. The molecule has 0 spiro atoms. The predicted molar refractivity (Wildman–Crippen MR) is 139 cm³/mol. The van der Waals surface area contributed by atoms with Crippen molar-refractivity contribution in [1.29, 1.82) is 0 Å². The van der Waals surface area contributed by atoms with Crippen molar-refractivity contribution in [2.45, 2.75) is 53.1 Å². The Hall–Kier alpha value is -3.07. The normalized spacial score (nSPS) is 12.0. The van der Waals surface area contributed by atoms with Crippen LogP contribution in [0.1, 0.15) is 44.7 Å². The van der Waals surface area contributed by atoms with Crippen molar-refractivity contribution in [2.75, 3.05) is 30.3 Å². The molecular weight excluding hydrogens is 466 g/mol. The van der Waals surface area contributed by atoms with Crippen molar-refractivity contribution in [3.8, 4) is 5.75 Å². The lowest BCUT2D eigenvalue weighted by molar-refractivity contribution is -0.140. The molecule has 2 aromatic carbocycles. The van der Waals surface area contributed by atoms with E-state index < -0.39 is 16.1 Å². The van der Waals surface area contributed by atoms with Crippen LogP contribution in [0.25, 0.3) is 0 Å². The van der Waals surface area contributed by atoms with Gasteiger partial charge in [-0.15, -0.1) is 0 Å². The highest BCUT2D eigenvalue weighted by molar-refractivity contribution is 7.92. The van der Waals surface area contributed by atoms with E-state index in [1.165, 1.54) is 4.31 Å². The summed E-state index contributed by atoms with van der Waals surface area (Å²) in [6.45, 7) is 8.62. The third kappa shape index (κ3) is 7.99. The zero-order valence-electron chi connectivity index (χ0n) is 21.3. The van der Waals surface area contributed by atoms with Crippen molar-refractivity contribution < 1.29 is 22.7 Å². The van der Waals surface area contributed by atoms with E-state index in [4.69, 9.17) is 4.74 Å². The Morgan fingerprint density at radius 1 is 1.06 bits per heavy atom. The maximum Gasteiger partial charge on any atom is 0.242 e. The summed E-state index contributed by atoms with van der Waals surface area (Å²) in [6.07, 6.45) is 1.52. The van der Waals surface area contributed by atoms with Gasteiger partial charge in [0.1, 0.15) is 11.8 Å². The number of carbonyl (C=O) groups is 2. The monoisotopic (exact) mass is 503 g/mol. The van der Waals surface area contributed by atoms with E-state index in [0.29, 0.717) is 37.6 Å². The van der Waals surface area contributed by atoms with E-state index >= 15 is 0 Å². The summed E-state index contributed by atoms with van der Waals surface area (Å²) in [7, 11) is -3.60. The molecule has 0 aliphatic heterocycles. The fourth-order valence-electron chi connectivity index (χ4n) is 3.80. The Balaban J connectivity index is 2.20. The van der Waals surface area contributed by atoms with Crippen molar-refractivity contribution >= 4 is 27.5 Å². The third-order valence-electron chi connectivity index (χ3n) is 5.71. The Morgan fingerprint density at radius 2 is 1.71 bits per heavy atom. The number of rotatable bonds is 13. The minimum Gasteiger partial charge on any atom is -0.492 e. The molecule has 8 nitrogen and oxygen atoms in total. The largest absolute Gasteiger partial charge is 0.492 e. The highest BCUT2D eigenvalue weighted by atomic mass is 32.2. The maximum atomic E-state index is 13.3. The van der Waals surface area contributed by atoms with Crippen LogP contribution in [0, 0.1) is 6.92 Å². The molecule has 0 radical (unpaired) electrons. The second-order valence-corrected chi connectivity index (χ2v) is 10.3. The highest BCUT2D eigenvalue weighted by Crippen LogP contribution is 2.30. The number of nitrogens with one attached hydrogen (secondary N) is 1. The van der Waals surface area contributed by atoms with Crippen LogP contribution in [0.2, 0.25) is 0 Å². The van der Waals surface area contributed by atoms with Gasteiger partial charge in [-0.3, -0.25) is 13.9 Å². The van der Waals surface area contributed by atoms with Gasteiger partial charge in [-0.2, -0.15) is 0 Å². The van der Waals surface area contributed by atoms with Crippen LogP contribution in [0.15, 0.2) is 48.5 Å². The van der Waals surface area contributed by atoms with E-state index in [1.807, 2.05) is 45.0 Å². The number of sulfonamides is 1. The van der Waals surface area contributed by atoms with Crippen LogP contribution in [0.5, 0.6) is 5.75 Å². The van der Waals surface area contributed by atoms with E-state index in [-0.39, 0.29) is 24.8 Å². The maximum absolute atomic E-state index is 13.3. The molecule has 2 amide bonds. The summed E-state index contributed by atoms with van der Waals surface area (Å²) in [5.41, 5.74) is 2.43. The molecule has 0 bridgehead atoms. The topological polar surface area (TPSA) is 96.0 Å². The zero-order chi connectivity index (χ0) is 26.0. The number of benzene rings is 2.